The molecule has 0 aliphatic heterocycles. The normalized spacial score (nSPS) is 14.5. The minimum absolute atomic E-state index is 0.0954. The molecule has 0 saturated heterocycles. The average molecular weight is 460 g/mol. The number of hydrogen-bond donors (Lipinski definition) is 2. The van der Waals surface area contributed by atoms with E-state index in [2.05, 4.69) is 30.7 Å². The lowest BCUT2D eigenvalue weighted by atomic mass is 9.76. The van der Waals surface area contributed by atoms with E-state index in [1.54, 1.807) is 6.07 Å². The number of aromatic nitrogens is 1. The van der Waals surface area contributed by atoms with Crippen LogP contribution in [0.5, 0.6) is 5.75 Å². The Bertz CT molecular complexity index is 1220. The van der Waals surface area contributed by atoms with E-state index in [1.165, 1.54) is 0 Å². The van der Waals surface area contributed by atoms with Crippen LogP contribution < -0.4 is 15.8 Å². The molecule has 6 nitrogen and oxygen atoms in total. The molecule has 34 heavy (non-hydrogen) atoms. The zero-order valence-electron chi connectivity index (χ0n) is 20.4. The van der Waals surface area contributed by atoms with Gasteiger partial charge in [0.2, 0.25) is 0 Å². The van der Waals surface area contributed by atoms with E-state index in [-0.39, 0.29) is 11.2 Å². The van der Waals surface area contributed by atoms with Crippen LogP contribution >= 0.6 is 0 Å². The third-order valence-corrected chi connectivity index (χ3v) is 6.30. The number of primary amides is 1. The zero-order valence-corrected chi connectivity index (χ0v) is 20.4. The van der Waals surface area contributed by atoms with Gasteiger partial charge in [0.1, 0.15) is 5.75 Å². The van der Waals surface area contributed by atoms with E-state index in [0.29, 0.717) is 24.3 Å². The Morgan fingerprint density at radius 2 is 1.85 bits per heavy atom. The van der Waals surface area contributed by atoms with Gasteiger partial charge >= 0.3 is 0 Å². The van der Waals surface area contributed by atoms with E-state index >= 15 is 0 Å². The zero-order chi connectivity index (χ0) is 24.5. The summed E-state index contributed by atoms with van der Waals surface area (Å²) in [5.74, 6) is 0.488. The lowest BCUT2D eigenvalue weighted by Gasteiger charge is -2.30. The number of carbonyl (C=O) groups excluding carboxylic acids is 2. The summed E-state index contributed by atoms with van der Waals surface area (Å²) in [7, 11) is 0. The van der Waals surface area contributed by atoms with Gasteiger partial charge in [0, 0.05) is 34.7 Å². The van der Waals surface area contributed by atoms with E-state index in [0.717, 1.165) is 53.3 Å². The van der Waals surface area contributed by atoms with Gasteiger partial charge in [-0.15, -0.1) is 0 Å². The third kappa shape index (κ3) is 4.86. The Kier molecular flexibility index (Phi) is 6.51. The minimum Gasteiger partial charge on any atom is -0.494 e. The summed E-state index contributed by atoms with van der Waals surface area (Å²) in [6.45, 7) is 9.07. The first-order valence-corrected chi connectivity index (χ1v) is 11.9. The number of anilines is 2. The van der Waals surface area contributed by atoms with E-state index in [9.17, 15) is 9.59 Å². The Hall–Kier alpha value is -3.54. The van der Waals surface area contributed by atoms with Crippen LogP contribution in [0.25, 0.3) is 5.69 Å². The number of aryl methyl sites for hydroxylation is 1. The Morgan fingerprint density at radius 3 is 2.53 bits per heavy atom. The topological polar surface area (TPSA) is 86.3 Å². The summed E-state index contributed by atoms with van der Waals surface area (Å²) < 4.78 is 7.86. The molecule has 2 aromatic carbocycles. The summed E-state index contributed by atoms with van der Waals surface area (Å²) in [6.07, 6.45) is 3.46. The molecule has 0 bridgehead atoms. The molecule has 0 radical (unpaired) electrons. The maximum Gasteiger partial charge on any atom is 0.250 e. The highest BCUT2D eigenvalue weighted by Crippen LogP contribution is 2.38. The van der Waals surface area contributed by atoms with Gasteiger partial charge < -0.3 is 20.4 Å². The molecule has 178 valence electrons. The number of rotatable bonds is 8. The summed E-state index contributed by atoms with van der Waals surface area (Å²) >= 11 is 0. The number of ketones is 1. The van der Waals surface area contributed by atoms with Crippen molar-refractivity contribution in [3.05, 3.63) is 71.0 Å². The van der Waals surface area contributed by atoms with E-state index in [1.807, 2.05) is 49.4 Å². The molecule has 6 heteroatoms. The highest BCUT2D eigenvalue weighted by atomic mass is 16.5. The number of hydrogen-bond acceptors (Lipinski definition) is 4. The smallest absolute Gasteiger partial charge is 0.250 e. The summed E-state index contributed by atoms with van der Waals surface area (Å²) in [5, 5.41) is 3.34. The van der Waals surface area contributed by atoms with Crippen molar-refractivity contribution in [1.29, 1.82) is 0 Å². The summed E-state index contributed by atoms with van der Waals surface area (Å²) in [5.41, 5.74) is 11.1. The standard InChI is InChI=1S/C28H33N3O3/c1-5-6-13-34-21-10-7-19(8-11-21)30-24-15-20(9-12-22(24)27(29)33)31-18(2)14-23-25(31)16-28(3,4)17-26(23)32/h7-12,14-15,30H,5-6,13,16-17H2,1-4H3,(H2,29,33). The van der Waals surface area contributed by atoms with Crippen LogP contribution in [0.4, 0.5) is 11.4 Å². The fourth-order valence-corrected chi connectivity index (χ4v) is 4.62. The number of nitrogens with two attached hydrogens (primary N) is 1. The summed E-state index contributed by atoms with van der Waals surface area (Å²) in [6, 6.07) is 15.2. The van der Waals surface area contributed by atoms with Crippen molar-refractivity contribution in [3.63, 3.8) is 0 Å². The summed E-state index contributed by atoms with van der Waals surface area (Å²) in [4.78, 5) is 24.9. The number of nitrogens with zero attached hydrogens (tertiary/aromatic N) is 1. The van der Waals surface area contributed by atoms with Crippen LogP contribution in [-0.2, 0) is 6.42 Å². The molecule has 1 aromatic heterocycles. The molecule has 0 fully saturated rings. The average Bonchev–Trinajstić information content (AvgIpc) is 3.10. The first-order chi connectivity index (χ1) is 16.2. The van der Waals surface area contributed by atoms with Gasteiger partial charge in [0.05, 0.1) is 17.9 Å². The molecule has 0 saturated carbocycles. The fourth-order valence-electron chi connectivity index (χ4n) is 4.62. The number of amides is 1. The maximum atomic E-state index is 12.8. The molecular weight excluding hydrogens is 426 g/mol. The lowest BCUT2D eigenvalue weighted by Crippen LogP contribution is -2.27. The van der Waals surface area contributed by atoms with Gasteiger partial charge in [-0.3, -0.25) is 9.59 Å². The second-order valence-electron chi connectivity index (χ2n) is 9.87. The highest BCUT2D eigenvalue weighted by molar-refractivity contribution is 6.00. The molecule has 3 N–H and O–H groups in total. The minimum atomic E-state index is -0.504. The van der Waals surface area contributed by atoms with Crippen molar-refractivity contribution >= 4 is 23.1 Å². The predicted octanol–water partition coefficient (Wildman–Crippen LogP) is 5.96. The predicted molar refractivity (Wildman–Crippen MR) is 136 cm³/mol. The maximum absolute atomic E-state index is 12.8. The number of nitrogens with one attached hydrogen (secondary N) is 1. The number of benzene rings is 2. The first kappa shape index (κ1) is 23.6. The van der Waals surface area contributed by atoms with Crippen molar-refractivity contribution in [2.45, 2.75) is 53.4 Å². The molecule has 1 aliphatic rings. The molecule has 1 amide bonds. The van der Waals surface area contributed by atoms with Gasteiger partial charge in [-0.1, -0.05) is 27.2 Å². The molecule has 1 aliphatic carbocycles. The molecule has 0 spiro atoms. The van der Waals surface area contributed by atoms with E-state index < -0.39 is 5.91 Å². The number of unbranched alkanes of at least 4 members (excludes halogenated alkanes) is 1. The second-order valence-corrected chi connectivity index (χ2v) is 9.87. The van der Waals surface area contributed by atoms with Gasteiger partial charge in [0.15, 0.2) is 5.78 Å². The van der Waals surface area contributed by atoms with Crippen LogP contribution in [0.3, 0.4) is 0 Å². The van der Waals surface area contributed by atoms with Gasteiger partial charge in [0.25, 0.3) is 5.91 Å². The Morgan fingerprint density at radius 1 is 1.12 bits per heavy atom. The van der Waals surface area contributed by atoms with Crippen molar-refractivity contribution in [3.8, 4) is 11.4 Å². The van der Waals surface area contributed by atoms with Crippen LogP contribution in [0.1, 0.15) is 72.1 Å². The van der Waals surface area contributed by atoms with Crippen molar-refractivity contribution in [2.75, 3.05) is 11.9 Å². The molecule has 4 rings (SSSR count). The van der Waals surface area contributed by atoms with Crippen LogP contribution in [-0.4, -0.2) is 22.9 Å². The highest BCUT2D eigenvalue weighted by Gasteiger charge is 2.34. The SMILES string of the molecule is CCCCOc1ccc(Nc2cc(-n3c(C)cc4c3CC(C)(C)CC4=O)ccc2C(N)=O)cc1. The monoisotopic (exact) mass is 459 g/mol. The number of Topliss-reactive ketones (excluding diaryl/α,β-unsaturated/α-hetero) is 1. The van der Waals surface area contributed by atoms with Gasteiger partial charge in [-0.25, -0.2) is 0 Å². The molecule has 1 heterocycles. The molecule has 0 unspecified atom stereocenters. The quantitative estimate of drug-likeness (QED) is 0.407. The Balaban J connectivity index is 1.68. The van der Waals surface area contributed by atoms with Crippen molar-refractivity contribution in [1.82, 2.24) is 4.57 Å². The third-order valence-electron chi connectivity index (χ3n) is 6.30. The lowest BCUT2D eigenvalue weighted by molar-refractivity contribution is 0.0910. The molecular formula is C28H33N3O3. The largest absolute Gasteiger partial charge is 0.494 e. The molecule has 0 atom stereocenters. The van der Waals surface area contributed by atoms with Crippen molar-refractivity contribution in [2.24, 2.45) is 11.1 Å². The van der Waals surface area contributed by atoms with Crippen LogP contribution in [0, 0.1) is 12.3 Å². The van der Waals surface area contributed by atoms with Gasteiger partial charge in [-0.2, -0.15) is 0 Å². The first-order valence-electron chi connectivity index (χ1n) is 11.9. The number of ether oxygens (including phenoxy) is 1. The fraction of sp³-hybridized carbons (Fsp3) is 0.357. The van der Waals surface area contributed by atoms with Crippen molar-refractivity contribution < 1.29 is 14.3 Å². The van der Waals surface area contributed by atoms with Crippen LogP contribution in [0.2, 0.25) is 0 Å². The second kappa shape index (κ2) is 9.37. The van der Waals surface area contributed by atoms with Crippen LogP contribution in [0.15, 0.2) is 48.5 Å². The van der Waals surface area contributed by atoms with Gasteiger partial charge in [-0.05, 0) is 73.7 Å². The Labute approximate surface area is 201 Å². The van der Waals surface area contributed by atoms with E-state index in [4.69, 9.17) is 10.5 Å². The number of carbonyl (C=O) groups is 2. The molecule has 3 aromatic rings. The number of fused-ring (bicyclic) bond motifs is 1.